The smallest absolute Gasteiger partial charge is 0.246 e. The Hall–Kier alpha value is -2.05. The van der Waals surface area contributed by atoms with Gasteiger partial charge in [-0.1, -0.05) is 54.9 Å². The van der Waals surface area contributed by atoms with Gasteiger partial charge < -0.3 is 4.90 Å². The first-order valence-electron chi connectivity index (χ1n) is 10.4. The highest BCUT2D eigenvalue weighted by atomic mass is 35.5. The maximum Gasteiger partial charge on any atom is 0.246 e. The third-order valence-corrected chi connectivity index (χ3v) is 7.08. The SMILES string of the molecule is CCC(C(=O)N1CCC(Cc2ccccc2)CC1)N(c1cccc(Cl)c1)S(C)(=O)=O. The van der Waals surface area contributed by atoms with Crippen molar-refractivity contribution in [2.24, 2.45) is 5.92 Å². The number of nitrogens with zero attached hydrogens (tertiary/aromatic N) is 2. The quantitative estimate of drug-likeness (QED) is 0.632. The Bertz CT molecular complexity index is 957. The van der Waals surface area contributed by atoms with Crippen LogP contribution >= 0.6 is 11.6 Å². The first-order chi connectivity index (χ1) is 14.3. The van der Waals surface area contributed by atoms with E-state index in [4.69, 9.17) is 11.6 Å². The van der Waals surface area contributed by atoms with Crippen molar-refractivity contribution in [1.29, 1.82) is 0 Å². The Balaban J connectivity index is 1.72. The molecule has 0 aliphatic carbocycles. The highest BCUT2D eigenvalue weighted by Crippen LogP contribution is 2.28. The lowest BCUT2D eigenvalue weighted by molar-refractivity contribution is -0.133. The second-order valence-corrected chi connectivity index (χ2v) is 10.2. The van der Waals surface area contributed by atoms with E-state index in [1.165, 1.54) is 9.87 Å². The number of benzene rings is 2. The maximum absolute atomic E-state index is 13.3. The van der Waals surface area contributed by atoms with Crippen molar-refractivity contribution in [1.82, 2.24) is 4.90 Å². The van der Waals surface area contributed by atoms with Crippen molar-refractivity contribution in [3.63, 3.8) is 0 Å². The highest BCUT2D eigenvalue weighted by molar-refractivity contribution is 7.92. The molecule has 1 amide bonds. The maximum atomic E-state index is 13.3. The van der Waals surface area contributed by atoms with E-state index in [-0.39, 0.29) is 5.91 Å². The van der Waals surface area contributed by atoms with Gasteiger partial charge in [0.05, 0.1) is 11.9 Å². The summed E-state index contributed by atoms with van der Waals surface area (Å²) in [6.07, 6.45) is 4.39. The lowest BCUT2D eigenvalue weighted by Gasteiger charge is -2.37. The van der Waals surface area contributed by atoms with Crippen molar-refractivity contribution in [3.05, 3.63) is 65.2 Å². The van der Waals surface area contributed by atoms with E-state index in [1.54, 1.807) is 24.3 Å². The van der Waals surface area contributed by atoms with E-state index in [9.17, 15) is 13.2 Å². The van der Waals surface area contributed by atoms with Crippen molar-refractivity contribution < 1.29 is 13.2 Å². The second-order valence-electron chi connectivity index (χ2n) is 7.92. The van der Waals surface area contributed by atoms with Gasteiger partial charge in [0, 0.05) is 18.1 Å². The molecule has 2 aromatic rings. The Morgan fingerprint density at radius 3 is 2.37 bits per heavy atom. The van der Waals surface area contributed by atoms with E-state index in [2.05, 4.69) is 24.3 Å². The van der Waals surface area contributed by atoms with Crippen LogP contribution < -0.4 is 4.31 Å². The number of hydrogen-bond donors (Lipinski definition) is 0. The summed E-state index contributed by atoms with van der Waals surface area (Å²) in [6.45, 7) is 3.15. The van der Waals surface area contributed by atoms with Crippen LogP contribution in [-0.4, -0.2) is 44.6 Å². The average Bonchev–Trinajstić information content (AvgIpc) is 2.72. The first kappa shape index (κ1) is 22.6. The number of carbonyl (C=O) groups excluding carboxylic acids is 1. The molecule has 0 saturated carbocycles. The monoisotopic (exact) mass is 448 g/mol. The number of hydrogen-bond acceptors (Lipinski definition) is 3. The van der Waals surface area contributed by atoms with Crippen LogP contribution in [0.5, 0.6) is 0 Å². The van der Waals surface area contributed by atoms with Gasteiger partial charge in [0.15, 0.2) is 0 Å². The average molecular weight is 449 g/mol. The normalized spacial score (nSPS) is 16.3. The molecule has 162 valence electrons. The van der Waals surface area contributed by atoms with Crippen LogP contribution in [0.4, 0.5) is 5.69 Å². The zero-order valence-electron chi connectivity index (χ0n) is 17.5. The number of halogens is 1. The van der Waals surface area contributed by atoms with Gasteiger partial charge in [-0.2, -0.15) is 0 Å². The van der Waals surface area contributed by atoms with Crippen LogP contribution in [0.2, 0.25) is 5.02 Å². The molecule has 1 aliphatic rings. The van der Waals surface area contributed by atoms with Gasteiger partial charge in [-0.05, 0) is 55.4 Å². The molecule has 0 N–H and O–H groups in total. The summed E-state index contributed by atoms with van der Waals surface area (Å²) in [7, 11) is -3.65. The summed E-state index contributed by atoms with van der Waals surface area (Å²) in [5.74, 6) is 0.400. The summed E-state index contributed by atoms with van der Waals surface area (Å²) in [6, 6.07) is 16.3. The fourth-order valence-electron chi connectivity index (χ4n) is 4.17. The highest BCUT2D eigenvalue weighted by Gasteiger charge is 2.35. The number of sulfonamides is 1. The molecule has 7 heteroatoms. The minimum Gasteiger partial charge on any atom is -0.341 e. The number of amides is 1. The van der Waals surface area contributed by atoms with Crippen molar-refractivity contribution in [3.8, 4) is 0 Å². The topological polar surface area (TPSA) is 57.7 Å². The molecule has 1 heterocycles. The number of rotatable bonds is 7. The molecule has 30 heavy (non-hydrogen) atoms. The standard InChI is InChI=1S/C23H29ClN2O3S/c1-3-22(26(30(2,28)29)21-11-7-10-20(24)17-21)23(27)25-14-12-19(13-15-25)16-18-8-5-4-6-9-18/h4-11,17,19,22H,3,12-16H2,1-2H3. The van der Waals surface area contributed by atoms with Gasteiger partial charge >= 0.3 is 0 Å². The van der Waals surface area contributed by atoms with Crippen LogP contribution in [0.15, 0.2) is 54.6 Å². The molecular weight excluding hydrogens is 420 g/mol. The van der Waals surface area contributed by atoms with Gasteiger partial charge in [-0.15, -0.1) is 0 Å². The van der Waals surface area contributed by atoms with Gasteiger partial charge in [-0.25, -0.2) is 8.42 Å². The Labute approximate surface area is 184 Å². The van der Waals surface area contributed by atoms with E-state index >= 15 is 0 Å². The van der Waals surface area contributed by atoms with Crippen molar-refractivity contribution >= 4 is 33.2 Å². The summed E-state index contributed by atoms with van der Waals surface area (Å²) in [5, 5.41) is 0.435. The lowest BCUT2D eigenvalue weighted by Crippen LogP contribution is -2.52. The Morgan fingerprint density at radius 2 is 1.80 bits per heavy atom. The minimum absolute atomic E-state index is 0.138. The molecule has 1 fully saturated rings. The van der Waals surface area contributed by atoms with Gasteiger partial charge in [-0.3, -0.25) is 9.10 Å². The second kappa shape index (κ2) is 9.84. The molecular formula is C23H29ClN2O3S. The minimum atomic E-state index is -3.65. The summed E-state index contributed by atoms with van der Waals surface area (Å²) < 4.78 is 26.4. The van der Waals surface area contributed by atoms with Crippen LogP contribution in [0.1, 0.15) is 31.7 Å². The predicted octanol–water partition coefficient (Wildman–Crippen LogP) is 4.37. The van der Waals surface area contributed by atoms with E-state index in [0.29, 0.717) is 36.1 Å². The number of piperidine rings is 1. The van der Waals surface area contributed by atoms with Crippen molar-refractivity contribution in [2.45, 2.75) is 38.6 Å². The molecule has 0 radical (unpaired) electrons. The first-order valence-corrected chi connectivity index (χ1v) is 12.6. The van der Waals surface area contributed by atoms with Crippen LogP contribution in [0, 0.1) is 5.92 Å². The van der Waals surface area contributed by atoms with Crippen LogP contribution in [0.25, 0.3) is 0 Å². The van der Waals surface area contributed by atoms with Crippen LogP contribution in [-0.2, 0) is 21.2 Å². The molecule has 1 atom stereocenters. The third-order valence-electron chi connectivity index (χ3n) is 5.67. The lowest BCUT2D eigenvalue weighted by atomic mass is 9.90. The third kappa shape index (κ3) is 5.55. The molecule has 5 nitrogen and oxygen atoms in total. The zero-order chi connectivity index (χ0) is 21.7. The molecule has 1 saturated heterocycles. The zero-order valence-corrected chi connectivity index (χ0v) is 19.1. The molecule has 1 unspecified atom stereocenters. The number of likely N-dealkylation sites (tertiary alicyclic amines) is 1. The summed E-state index contributed by atoms with van der Waals surface area (Å²) >= 11 is 6.08. The molecule has 0 spiro atoms. The predicted molar refractivity (Wildman–Crippen MR) is 122 cm³/mol. The molecule has 0 bridgehead atoms. The van der Waals surface area contributed by atoms with E-state index in [0.717, 1.165) is 25.5 Å². The van der Waals surface area contributed by atoms with Crippen molar-refractivity contribution in [2.75, 3.05) is 23.7 Å². The van der Waals surface area contributed by atoms with Gasteiger partial charge in [0.2, 0.25) is 15.9 Å². The van der Waals surface area contributed by atoms with Gasteiger partial charge in [0.25, 0.3) is 0 Å². The van der Waals surface area contributed by atoms with E-state index < -0.39 is 16.1 Å². The van der Waals surface area contributed by atoms with Crippen LogP contribution in [0.3, 0.4) is 0 Å². The molecule has 1 aliphatic heterocycles. The summed E-state index contributed by atoms with van der Waals surface area (Å²) in [5.41, 5.74) is 1.74. The Morgan fingerprint density at radius 1 is 1.13 bits per heavy atom. The van der Waals surface area contributed by atoms with E-state index in [1.807, 2.05) is 17.9 Å². The fraction of sp³-hybridized carbons (Fsp3) is 0.435. The molecule has 3 rings (SSSR count). The van der Waals surface area contributed by atoms with Gasteiger partial charge in [0.1, 0.15) is 6.04 Å². The summed E-state index contributed by atoms with van der Waals surface area (Å²) in [4.78, 5) is 15.1. The Kier molecular flexibility index (Phi) is 7.42. The fourth-order valence-corrected chi connectivity index (χ4v) is 5.55. The largest absolute Gasteiger partial charge is 0.341 e. The number of carbonyl (C=O) groups is 1. The molecule has 0 aromatic heterocycles. The molecule has 2 aromatic carbocycles. The number of anilines is 1.